The maximum Gasteiger partial charge on any atom is 0.317 e. The second kappa shape index (κ2) is 6.33. The van der Waals surface area contributed by atoms with E-state index in [0.717, 1.165) is 0 Å². The Bertz CT molecular complexity index is 555. The summed E-state index contributed by atoms with van der Waals surface area (Å²) in [6, 6.07) is 3.12. The molecule has 0 unspecified atom stereocenters. The number of aromatic nitrogens is 1. The Morgan fingerprint density at radius 3 is 2.75 bits per heavy atom. The summed E-state index contributed by atoms with van der Waals surface area (Å²) < 4.78 is 0. The number of H-pyrrole nitrogens is 1. The standard InChI is InChI=1S/C13H17N3O4/c17-11(18)9-15-5-2-6-16(8-7-15)13(20)10-3-1-4-14-12(10)19/h1,3-4H,2,5-9H2,(H,14,19)(H,17,18). The number of nitrogens with one attached hydrogen (secondary N) is 1. The molecule has 2 N–H and O–H groups in total. The van der Waals surface area contributed by atoms with Crippen LogP contribution in [0.1, 0.15) is 16.8 Å². The smallest absolute Gasteiger partial charge is 0.317 e. The van der Waals surface area contributed by atoms with Gasteiger partial charge in [-0.3, -0.25) is 19.3 Å². The third-order valence-corrected chi connectivity index (χ3v) is 3.28. The first kappa shape index (κ1) is 14.3. The lowest BCUT2D eigenvalue weighted by molar-refractivity contribution is -0.138. The van der Waals surface area contributed by atoms with Gasteiger partial charge >= 0.3 is 5.97 Å². The quantitative estimate of drug-likeness (QED) is 0.785. The lowest BCUT2D eigenvalue weighted by atomic mass is 10.2. The molecule has 0 aliphatic carbocycles. The van der Waals surface area contributed by atoms with Gasteiger partial charge in [0.2, 0.25) is 0 Å². The van der Waals surface area contributed by atoms with E-state index < -0.39 is 11.5 Å². The number of pyridine rings is 1. The van der Waals surface area contributed by atoms with Crippen molar-refractivity contribution in [3.8, 4) is 0 Å². The van der Waals surface area contributed by atoms with Crippen molar-refractivity contribution >= 4 is 11.9 Å². The van der Waals surface area contributed by atoms with Crippen LogP contribution >= 0.6 is 0 Å². The average Bonchev–Trinajstić information content (AvgIpc) is 2.63. The Balaban J connectivity index is 2.04. The molecular weight excluding hydrogens is 262 g/mol. The summed E-state index contributed by atoms with van der Waals surface area (Å²) in [6.45, 7) is 2.09. The Labute approximate surface area is 115 Å². The van der Waals surface area contributed by atoms with Crippen molar-refractivity contribution in [3.05, 3.63) is 34.2 Å². The van der Waals surface area contributed by atoms with Gasteiger partial charge in [-0.2, -0.15) is 0 Å². The summed E-state index contributed by atoms with van der Waals surface area (Å²) in [5.74, 6) is -1.17. The molecule has 108 valence electrons. The van der Waals surface area contributed by atoms with Crippen LogP contribution in [0.25, 0.3) is 0 Å². The molecule has 0 radical (unpaired) electrons. The molecule has 2 rings (SSSR count). The first-order valence-corrected chi connectivity index (χ1v) is 6.49. The molecule has 0 atom stereocenters. The van der Waals surface area contributed by atoms with Gasteiger partial charge in [0.05, 0.1) is 6.54 Å². The van der Waals surface area contributed by atoms with Crippen LogP contribution < -0.4 is 5.56 Å². The molecule has 1 aliphatic heterocycles. The number of nitrogens with zero attached hydrogens (tertiary/aromatic N) is 2. The number of aliphatic carboxylic acids is 1. The minimum absolute atomic E-state index is 0.0199. The highest BCUT2D eigenvalue weighted by atomic mass is 16.4. The summed E-state index contributed by atoms with van der Waals surface area (Å²) >= 11 is 0. The minimum Gasteiger partial charge on any atom is -0.480 e. The van der Waals surface area contributed by atoms with Crippen molar-refractivity contribution in [2.75, 3.05) is 32.7 Å². The molecule has 0 spiro atoms. The number of carbonyl (C=O) groups excluding carboxylic acids is 1. The normalized spacial score (nSPS) is 16.7. The van der Waals surface area contributed by atoms with Crippen LogP contribution in [0, 0.1) is 0 Å². The number of aromatic amines is 1. The molecule has 1 fully saturated rings. The van der Waals surface area contributed by atoms with Gasteiger partial charge in [-0.05, 0) is 18.6 Å². The summed E-state index contributed by atoms with van der Waals surface area (Å²) in [7, 11) is 0. The van der Waals surface area contributed by atoms with Gasteiger partial charge in [0.15, 0.2) is 0 Å². The van der Waals surface area contributed by atoms with Crippen LogP contribution in [-0.2, 0) is 4.79 Å². The van der Waals surface area contributed by atoms with E-state index in [-0.39, 0.29) is 18.0 Å². The van der Waals surface area contributed by atoms with Crippen LogP contribution in [0.5, 0.6) is 0 Å². The molecular formula is C13H17N3O4. The second-order valence-corrected chi connectivity index (χ2v) is 4.73. The lowest BCUT2D eigenvalue weighted by Crippen LogP contribution is -2.38. The highest BCUT2D eigenvalue weighted by Crippen LogP contribution is 2.06. The van der Waals surface area contributed by atoms with E-state index in [1.54, 1.807) is 15.9 Å². The van der Waals surface area contributed by atoms with Crippen LogP contribution in [0.4, 0.5) is 0 Å². The van der Waals surface area contributed by atoms with Crippen LogP contribution in [-0.4, -0.2) is 64.5 Å². The van der Waals surface area contributed by atoms with E-state index in [1.165, 1.54) is 12.3 Å². The van der Waals surface area contributed by atoms with Crippen molar-refractivity contribution in [3.63, 3.8) is 0 Å². The van der Waals surface area contributed by atoms with E-state index in [2.05, 4.69) is 4.98 Å². The van der Waals surface area contributed by atoms with Crippen LogP contribution in [0.2, 0.25) is 0 Å². The molecule has 20 heavy (non-hydrogen) atoms. The lowest BCUT2D eigenvalue weighted by Gasteiger charge is -2.20. The first-order chi connectivity index (χ1) is 9.58. The van der Waals surface area contributed by atoms with E-state index >= 15 is 0 Å². The molecule has 0 saturated carbocycles. The monoisotopic (exact) mass is 279 g/mol. The van der Waals surface area contributed by atoms with Crippen LogP contribution in [0.15, 0.2) is 23.1 Å². The number of rotatable bonds is 3. The fourth-order valence-corrected chi connectivity index (χ4v) is 2.28. The number of carboxylic acids is 1. The third-order valence-electron chi connectivity index (χ3n) is 3.28. The number of carbonyl (C=O) groups is 2. The SMILES string of the molecule is O=C(O)CN1CCCN(C(=O)c2ccc[nH]c2=O)CC1. The molecule has 1 amide bonds. The molecule has 1 aromatic rings. The van der Waals surface area contributed by atoms with E-state index in [0.29, 0.717) is 32.6 Å². The number of hydrogen-bond acceptors (Lipinski definition) is 4. The van der Waals surface area contributed by atoms with Gasteiger partial charge in [0, 0.05) is 32.4 Å². The Hall–Kier alpha value is -2.15. The van der Waals surface area contributed by atoms with Gasteiger partial charge in [0.1, 0.15) is 5.56 Å². The summed E-state index contributed by atoms with van der Waals surface area (Å²) in [4.78, 5) is 40.5. The molecule has 7 nitrogen and oxygen atoms in total. The molecule has 1 aliphatic rings. The minimum atomic E-state index is -0.871. The predicted octanol–water partition coefficient (Wildman–Crippen LogP) is -0.393. The largest absolute Gasteiger partial charge is 0.480 e. The van der Waals surface area contributed by atoms with Crippen molar-refractivity contribution in [2.45, 2.75) is 6.42 Å². The fraction of sp³-hybridized carbons (Fsp3) is 0.462. The highest BCUT2D eigenvalue weighted by Gasteiger charge is 2.22. The molecule has 0 bridgehead atoms. The molecule has 1 saturated heterocycles. The number of hydrogen-bond donors (Lipinski definition) is 2. The topological polar surface area (TPSA) is 93.7 Å². The maximum atomic E-state index is 12.3. The third kappa shape index (κ3) is 3.45. The van der Waals surface area contributed by atoms with E-state index in [9.17, 15) is 14.4 Å². The zero-order chi connectivity index (χ0) is 14.5. The van der Waals surface area contributed by atoms with Crippen molar-refractivity contribution in [1.29, 1.82) is 0 Å². The van der Waals surface area contributed by atoms with Crippen molar-refractivity contribution < 1.29 is 14.7 Å². The molecule has 0 aromatic carbocycles. The number of carboxylic acid groups (broad SMARTS) is 1. The van der Waals surface area contributed by atoms with Gasteiger partial charge in [-0.1, -0.05) is 0 Å². The van der Waals surface area contributed by atoms with Gasteiger partial charge in [-0.25, -0.2) is 0 Å². The van der Waals surface area contributed by atoms with Crippen molar-refractivity contribution in [1.82, 2.24) is 14.8 Å². The Kier molecular flexibility index (Phi) is 4.52. The van der Waals surface area contributed by atoms with Crippen LogP contribution in [0.3, 0.4) is 0 Å². The summed E-state index contributed by atoms with van der Waals surface area (Å²) in [5, 5.41) is 8.78. The fourth-order valence-electron chi connectivity index (χ4n) is 2.28. The Morgan fingerprint density at radius 1 is 1.25 bits per heavy atom. The van der Waals surface area contributed by atoms with Crippen molar-refractivity contribution in [2.24, 2.45) is 0 Å². The highest BCUT2D eigenvalue weighted by molar-refractivity contribution is 5.93. The van der Waals surface area contributed by atoms with Gasteiger partial charge < -0.3 is 15.0 Å². The molecule has 7 heteroatoms. The zero-order valence-electron chi connectivity index (χ0n) is 11.0. The van der Waals surface area contributed by atoms with E-state index in [1.807, 2.05) is 0 Å². The number of amides is 1. The zero-order valence-corrected chi connectivity index (χ0v) is 11.0. The second-order valence-electron chi connectivity index (χ2n) is 4.73. The molecule has 1 aromatic heterocycles. The first-order valence-electron chi connectivity index (χ1n) is 6.49. The average molecular weight is 279 g/mol. The van der Waals surface area contributed by atoms with E-state index in [4.69, 9.17) is 5.11 Å². The Morgan fingerprint density at radius 2 is 2.05 bits per heavy atom. The molecule has 2 heterocycles. The maximum absolute atomic E-state index is 12.3. The summed E-state index contributed by atoms with van der Waals surface area (Å²) in [6.07, 6.45) is 2.18. The predicted molar refractivity (Wildman–Crippen MR) is 71.7 cm³/mol. The van der Waals surface area contributed by atoms with Gasteiger partial charge in [-0.15, -0.1) is 0 Å². The van der Waals surface area contributed by atoms with Gasteiger partial charge in [0.25, 0.3) is 11.5 Å². The summed E-state index contributed by atoms with van der Waals surface area (Å²) in [5.41, 5.74) is -0.275.